The highest BCUT2D eigenvalue weighted by atomic mass is 35.5. The minimum atomic E-state index is -0.496. The summed E-state index contributed by atoms with van der Waals surface area (Å²) in [5, 5.41) is 0. The maximum absolute atomic E-state index is 6.00. The minimum absolute atomic E-state index is 0.00754. The van der Waals surface area contributed by atoms with E-state index in [9.17, 15) is 0 Å². The fraction of sp³-hybridized carbons (Fsp3) is 1.00. The molecule has 2 aliphatic heterocycles. The van der Waals surface area contributed by atoms with Crippen LogP contribution in [0.5, 0.6) is 0 Å². The van der Waals surface area contributed by atoms with Gasteiger partial charge in [-0.2, -0.15) is 0 Å². The standard InChI is InChI=1S/C15H27ClO3/c1-4-5-6-7-8-9-11-13-14(12(10-16)17-11)19-15(2,3)18-13/h11-14H,4-10H2,1-3H3/t11-,12-,13+,14-/m1/s1. The number of unbranched alkanes of at least 4 members (excludes halogenated alkanes) is 4. The zero-order valence-corrected chi connectivity index (χ0v) is 13.1. The van der Waals surface area contributed by atoms with E-state index >= 15 is 0 Å². The minimum Gasteiger partial charge on any atom is -0.368 e. The molecule has 2 heterocycles. The first-order valence-corrected chi connectivity index (χ1v) is 8.18. The van der Waals surface area contributed by atoms with Crippen LogP contribution in [0.4, 0.5) is 0 Å². The molecule has 0 aromatic heterocycles. The Morgan fingerprint density at radius 3 is 2.21 bits per heavy atom. The van der Waals surface area contributed by atoms with Gasteiger partial charge in [-0.05, 0) is 20.3 Å². The highest BCUT2D eigenvalue weighted by Gasteiger charge is 2.54. The van der Waals surface area contributed by atoms with Crippen molar-refractivity contribution in [2.45, 2.75) is 89.5 Å². The van der Waals surface area contributed by atoms with Crippen LogP contribution in [-0.4, -0.2) is 36.1 Å². The Morgan fingerprint density at radius 1 is 0.947 bits per heavy atom. The summed E-state index contributed by atoms with van der Waals surface area (Å²) in [4.78, 5) is 0. The number of alkyl halides is 1. The van der Waals surface area contributed by atoms with Gasteiger partial charge in [0.2, 0.25) is 0 Å². The van der Waals surface area contributed by atoms with Crippen molar-refractivity contribution in [3.63, 3.8) is 0 Å². The van der Waals surface area contributed by atoms with E-state index in [2.05, 4.69) is 6.92 Å². The SMILES string of the molecule is CCCCCCC[C@H]1O[C@H](CCl)[C@H]2OC(C)(C)O[C@H]21. The molecule has 0 aromatic rings. The van der Waals surface area contributed by atoms with E-state index in [1.165, 1.54) is 32.1 Å². The van der Waals surface area contributed by atoms with Crippen LogP contribution in [0.3, 0.4) is 0 Å². The Labute approximate surface area is 121 Å². The van der Waals surface area contributed by atoms with E-state index in [1.807, 2.05) is 13.8 Å². The van der Waals surface area contributed by atoms with Crippen LogP contribution in [0.25, 0.3) is 0 Å². The highest BCUT2D eigenvalue weighted by molar-refractivity contribution is 6.18. The first kappa shape index (κ1) is 15.6. The molecule has 0 radical (unpaired) electrons. The summed E-state index contributed by atoms with van der Waals surface area (Å²) in [6, 6.07) is 0. The van der Waals surface area contributed by atoms with Gasteiger partial charge in [0.1, 0.15) is 18.3 Å². The first-order chi connectivity index (χ1) is 9.07. The number of hydrogen-bond donors (Lipinski definition) is 0. The summed E-state index contributed by atoms with van der Waals surface area (Å²) in [7, 11) is 0. The Hall–Kier alpha value is 0.170. The Bertz CT molecular complexity index is 283. The monoisotopic (exact) mass is 290 g/mol. The molecular weight excluding hydrogens is 264 g/mol. The predicted molar refractivity (Wildman–Crippen MR) is 76.6 cm³/mol. The predicted octanol–water partition coefficient (Wildman–Crippen LogP) is 3.87. The van der Waals surface area contributed by atoms with Gasteiger partial charge in [-0.15, -0.1) is 11.6 Å². The largest absolute Gasteiger partial charge is 0.368 e. The molecule has 2 aliphatic rings. The van der Waals surface area contributed by atoms with Crippen LogP contribution in [0.15, 0.2) is 0 Å². The molecule has 2 saturated heterocycles. The summed E-state index contributed by atoms with van der Waals surface area (Å²) in [6.45, 7) is 6.17. The Kier molecular flexibility index (Phi) is 5.53. The molecule has 2 fully saturated rings. The Morgan fingerprint density at radius 2 is 1.58 bits per heavy atom. The molecule has 0 amide bonds. The van der Waals surface area contributed by atoms with Crippen LogP contribution in [0, 0.1) is 0 Å². The topological polar surface area (TPSA) is 27.7 Å². The average molecular weight is 291 g/mol. The third kappa shape index (κ3) is 3.84. The molecular formula is C15H27ClO3. The summed E-state index contributed by atoms with van der Waals surface area (Å²) in [5.74, 6) is -0.0170. The van der Waals surface area contributed by atoms with Gasteiger partial charge in [0.25, 0.3) is 0 Å². The molecule has 4 atom stereocenters. The van der Waals surface area contributed by atoms with Crippen molar-refractivity contribution in [1.82, 2.24) is 0 Å². The average Bonchev–Trinajstić information content (AvgIpc) is 2.83. The quantitative estimate of drug-likeness (QED) is 0.526. The normalized spacial score (nSPS) is 36.6. The Balaban J connectivity index is 1.81. The molecule has 0 saturated carbocycles. The summed E-state index contributed by atoms with van der Waals surface area (Å²) >= 11 is 5.97. The van der Waals surface area contributed by atoms with Crippen molar-refractivity contribution >= 4 is 11.6 Å². The van der Waals surface area contributed by atoms with Gasteiger partial charge in [0.15, 0.2) is 5.79 Å². The second-order valence-corrected chi connectivity index (χ2v) is 6.44. The fourth-order valence-corrected chi connectivity index (χ4v) is 3.33. The van der Waals surface area contributed by atoms with Crippen molar-refractivity contribution < 1.29 is 14.2 Å². The van der Waals surface area contributed by atoms with Crippen LogP contribution < -0.4 is 0 Å². The molecule has 0 spiro atoms. The van der Waals surface area contributed by atoms with E-state index in [-0.39, 0.29) is 24.4 Å². The van der Waals surface area contributed by atoms with Gasteiger partial charge >= 0.3 is 0 Å². The first-order valence-electron chi connectivity index (χ1n) is 7.64. The number of fused-ring (bicyclic) bond motifs is 1. The molecule has 112 valence electrons. The lowest BCUT2D eigenvalue weighted by atomic mass is 10.0. The highest BCUT2D eigenvalue weighted by Crippen LogP contribution is 2.40. The maximum Gasteiger partial charge on any atom is 0.164 e. The van der Waals surface area contributed by atoms with Crippen molar-refractivity contribution in [3.8, 4) is 0 Å². The third-order valence-electron chi connectivity index (χ3n) is 3.99. The molecule has 19 heavy (non-hydrogen) atoms. The second kappa shape index (κ2) is 6.75. The molecule has 2 rings (SSSR count). The van der Waals surface area contributed by atoms with Gasteiger partial charge in [-0.3, -0.25) is 0 Å². The number of halogens is 1. The summed E-state index contributed by atoms with van der Waals surface area (Å²) < 4.78 is 17.9. The summed E-state index contributed by atoms with van der Waals surface area (Å²) in [5.41, 5.74) is 0. The number of hydrogen-bond acceptors (Lipinski definition) is 3. The van der Waals surface area contributed by atoms with Crippen LogP contribution >= 0.6 is 11.6 Å². The molecule has 0 aliphatic carbocycles. The van der Waals surface area contributed by atoms with Crippen LogP contribution in [0.1, 0.15) is 59.3 Å². The molecule has 0 bridgehead atoms. The van der Waals surface area contributed by atoms with Crippen LogP contribution in [-0.2, 0) is 14.2 Å². The van der Waals surface area contributed by atoms with Gasteiger partial charge in [0, 0.05) is 0 Å². The second-order valence-electron chi connectivity index (χ2n) is 6.13. The van der Waals surface area contributed by atoms with E-state index in [1.54, 1.807) is 0 Å². The van der Waals surface area contributed by atoms with Gasteiger partial charge in [-0.25, -0.2) is 0 Å². The van der Waals surface area contributed by atoms with Crippen molar-refractivity contribution in [2.75, 3.05) is 5.88 Å². The molecule has 0 aromatic carbocycles. The number of rotatable bonds is 7. The van der Waals surface area contributed by atoms with Crippen molar-refractivity contribution in [1.29, 1.82) is 0 Å². The lowest BCUT2D eigenvalue weighted by molar-refractivity contribution is -0.185. The van der Waals surface area contributed by atoms with Gasteiger partial charge < -0.3 is 14.2 Å². The smallest absolute Gasteiger partial charge is 0.164 e. The maximum atomic E-state index is 6.00. The van der Waals surface area contributed by atoms with Crippen molar-refractivity contribution in [2.24, 2.45) is 0 Å². The van der Waals surface area contributed by atoms with Crippen LogP contribution in [0.2, 0.25) is 0 Å². The third-order valence-corrected chi connectivity index (χ3v) is 4.29. The van der Waals surface area contributed by atoms with E-state index in [4.69, 9.17) is 25.8 Å². The van der Waals surface area contributed by atoms with E-state index in [0.717, 1.165) is 6.42 Å². The zero-order valence-electron chi connectivity index (χ0n) is 12.4. The molecule has 4 heteroatoms. The fourth-order valence-electron chi connectivity index (χ4n) is 3.08. The lowest BCUT2D eigenvalue weighted by Crippen LogP contribution is -2.30. The van der Waals surface area contributed by atoms with Crippen molar-refractivity contribution in [3.05, 3.63) is 0 Å². The van der Waals surface area contributed by atoms with Gasteiger partial charge in [-0.1, -0.05) is 39.0 Å². The summed E-state index contributed by atoms with van der Waals surface area (Å²) in [6.07, 6.45) is 7.66. The van der Waals surface area contributed by atoms with E-state index < -0.39 is 5.79 Å². The molecule has 0 unspecified atom stereocenters. The van der Waals surface area contributed by atoms with E-state index in [0.29, 0.717) is 5.88 Å². The molecule has 3 nitrogen and oxygen atoms in total. The van der Waals surface area contributed by atoms with Gasteiger partial charge in [0.05, 0.1) is 12.0 Å². The zero-order chi connectivity index (χ0) is 13.9. The molecule has 0 N–H and O–H groups in total. The lowest BCUT2D eigenvalue weighted by Gasteiger charge is -2.23. The number of ether oxygens (including phenoxy) is 3.